The molecule has 5 nitrogen and oxygen atoms in total. The minimum absolute atomic E-state index is 0.135. The maximum absolute atomic E-state index is 5.29. The average Bonchev–Trinajstić information content (AvgIpc) is 3.59. The highest BCUT2D eigenvalue weighted by atomic mass is 15.0. The van der Waals surface area contributed by atoms with Crippen molar-refractivity contribution < 1.29 is 0 Å². The second kappa shape index (κ2) is 15.7. The van der Waals surface area contributed by atoms with Gasteiger partial charge in [-0.05, 0) is 74.8 Å². The minimum atomic E-state index is -0.135. The lowest BCUT2D eigenvalue weighted by Crippen LogP contribution is -2.15. The first-order valence-corrected chi connectivity index (χ1v) is 21.3. The van der Waals surface area contributed by atoms with Crippen LogP contribution in [0.15, 0.2) is 212 Å². The molecule has 8 aromatic carbocycles. The van der Waals surface area contributed by atoms with Crippen molar-refractivity contribution in [1.29, 1.82) is 0 Å². The molecule has 0 radical (unpaired) electrons. The molecule has 11 rings (SSSR count). The number of nitrogens with zero attached hydrogens (tertiary/aromatic N) is 5. The molecule has 0 atom stereocenters. The van der Waals surface area contributed by atoms with E-state index >= 15 is 0 Å². The molecule has 298 valence electrons. The van der Waals surface area contributed by atoms with Crippen molar-refractivity contribution in [2.45, 2.75) is 19.3 Å². The van der Waals surface area contributed by atoms with E-state index in [0.717, 1.165) is 67.0 Å². The van der Waals surface area contributed by atoms with Gasteiger partial charge in [0.05, 0.1) is 11.4 Å². The van der Waals surface area contributed by atoms with Gasteiger partial charge in [0.1, 0.15) is 0 Å². The van der Waals surface area contributed by atoms with Crippen LogP contribution in [-0.4, -0.2) is 24.9 Å². The number of hydrogen-bond acceptors (Lipinski definition) is 5. The maximum atomic E-state index is 5.29. The Morgan fingerprint density at radius 1 is 0.254 bits per heavy atom. The zero-order valence-corrected chi connectivity index (χ0v) is 34.9. The van der Waals surface area contributed by atoms with E-state index in [1.807, 2.05) is 42.5 Å². The topological polar surface area (TPSA) is 64.5 Å². The SMILES string of the molecule is CC1(C)c2ccccc2-c2ccc(-c3nc(-c4ccccc4)cc(-c4cccc(-c5cccc(-c6nc(-c7ccccc7)nc(-c7cccc(-c8ccccc8)c7)n6)c5)c4)n3)cc21. The van der Waals surface area contributed by atoms with Crippen molar-refractivity contribution in [3.8, 4) is 101 Å². The van der Waals surface area contributed by atoms with Gasteiger partial charge in [0.15, 0.2) is 23.3 Å². The van der Waals surface area contributed by atoms with Crippen LogP contribution in [0.25, 0.3) is 101 Å². The Hall–Kier alpha value is -8.15. The summed E-state index contributed by atoms with van der Waals surface area (Å²) in [6.45, 7) is 4.61. The van der Waals surface area contributed by atoms with Crippen molar-refractivity contribution in [2.24, 2.45) is 0 Å². The molecule has 0 aliphatic heterocycles. The van der Waals surface area contributed by atoms with Crippen LogP contribution in [0.5, 0.6) is 0 Å². The van der Waals surface area contributed by atoms with Crippen LogP contribution in [0, 0.1) is 0 Å². The van der Waals surface area contributed by atoms with Gasteiger partial charge < -0.3 is 0 Å². The molecule has 0 N–H and O–H groups in total. The summed E-state index contributed by atoms with van der Waals surface area (Å²) in [6, 6.07) is 73.8. The van der Waals surface area contributed by atoms with Crippen molar-refractivity contribution in [1.82, 2.24) is 24.9 Å². The van der Waals surface area contributed by atoms with Crippen LogP contribution < -0.4 is 0 Å². The van der Waals surface area contributed by atoms with Crippen molar-refractivity contribution in [3.63, 3.8) is 0 Å². The van der Waals surface area contributed by atoms with Crippen molar-refractivity contribution in [3.05, 3.63) is 223 Å². The van der Waals surface area contributed by atoms with Gasteiger partial charge in [-0.15, -0.1) is 0 Å². The maximum Gasteiger partial charge on any atom is 0.164 e. The molecule has 0 fully saturated rings. The van der Waals surface area contributed by atoms with Crippen LogP contribution in [-0.2, 0) is 5.41 Å². The molecule has 5 heteroatoms. The summed E-state index contributed by atoms with van der Waals surface area (Å²) in [4.78, 5) is 25.7. The van der Waals surface area contributed by atoms with E-state index in [-0.39, 0.29) is 5.41 Å². The zero-order chi connectivity index (χ0) is 42.3. The third kappa shape index (κ3) is 7.19. The molecule has 2 aromatic heterocycles. The lowest BCUT2D eigenvalue weighted by atomic mass is 9.82. The molecule has 1 aliphatic rings. The summed E-state index contributed by atoms with van der Waals surface area (Å²) in [6.07, 6.45) is 0. The highest BCUT2D eigenvalue weighted by molar-refractivity contribution is 5.84. The summed E-state index contributed by atoms with van der Waals surface area (Å²) in [5.41, 5.74) is 16.9. The van der Waals surface area contributed by atoms with Gasteiger partial charge in [-0.25, -0.2) is 24.9 Å². The molecule has 63 heavy (non-hydrogen) atoms. The Morgan fingerprint density at radius 2 is 0.651 bits per heavy atom. The van der Waals surface area contributed by atoms with Gasteiger partial charge in [0, 0.05) is 38.8 Å². The van der Waals surface area contributed by atoms with Gasteiger partial charge >= 0.3 is 0 Å². The monoisotopic (exact) mass is 807 g/mol. The molecule has 1 aliphatic carbocycles. The van der Waals surface area contributed by atoms with Gasteiger partial charge in [-0.2, -0.15) is 0 Å². The summed E-state index contributed by atoms with van der Waals surface area (Å²) >= 11 is 0. The van der Waals surface area contributed by atoms with Crippen LogP contribution in [0.4, 0.5) is 0 Å². The predicted molar refractivity (Wildman–Crippen MR) is 256 cm³/mol. The second-order valence-corrected chi connectivity index (χ2v) is 16.5. The van der Waals surface area contributed by atoms with Gasteiger partial charge in [0.2, 0.25) is 0 Å². The molecule has 10 aromatic rings. The van der Waals surface area contributed by atoms with E-state index in [4.69, 9.17) is 24.9 Å². The van der Waals surface area contributed by atoms with Crippen LogP contribution in [0.3, 0.4) is 0 Å². The minimum Gasteiger partial charge on any atom is -0.228 e. The quantitative estimate of drug-likeness (QED) is 0.153. The third-order valence-corrected chi connectivity index (χ3v) is 12.1. The van der Waals surface area contributed by atoms with E-state index in [9.17, 15) is 0 Å². The van der Waals surface area contributed by atoms with E-state index < -0.39 is 0 Å². The van der Waals surface area contributed by atoms with Gasteiger partial charge in [0.25, 0.3) is 0 Å². The van der Waals surface area contributed by atoms with Crippen LogP contribution >= 0.6 is 0 Å². The number of rotatable bonds is 8. The lowest BCUT2D eigenvalue weighted by molar-refractivity contribution is 0.660. The van der Waals surface area contributed by atoms with Crippen LogP contribution in [0.1, 0.15) is 25.0 Å². The summed E-state index contributed by atoms with van der Waals surface area (Å²) in [7, 11) is 0. The largest absolute Gasteiger partial charge is 0.228 e. The molecule has 0 spiro atoms. The van der Waals surface area contributed by atoms with Gasteiger partial charge in [-0.1, -0.05) is 196 Å². The Bertz CT molecular complexity index is 3310. The normalized spacial score (nSPS) is 12.4. The van der Waals surface area contributed by atoms with E-state index in [1.54, 1.807) is 0 Å². The molecular weight excluding hydrogens is 767 g/mol. The fourth-order valence-electron chi connectivity index (χ4n) is 8.84. The van der Waals surface area contributed by atoms with E-state index in [2.05, 4.69) is 184 Å². The zero-order valence-electron chi connectivity index (χ0n) is 34.9. The third-order valence-electron chi connectivity index (χ3n) is 12.1. The summed E-state index contributed by atoms with van der Waals surface area (Å²) in [5.74, 6) is 2.55. The Balaban J connectivity index is 0.986. The predicted octanol–water partition coefficient (Wildman–Crippen LogP) is 14.3. The molecule has 0 bridgehead atoms. The average molecular weight is 808 g/mol. The Labute approximate surface area is 367 Å². The highest BCUT2D eigenvalue weighted by Gasteiger charge is 2.35. The molecule has 2 heterocycles. The first-order valence-electron chi connectivity index (χ1n) is 21.3. The lowest BCUT2D eigenvalue weighted by Gasteiger charge is -2.21. The Morgan fingerprint density at radius 3 is 1.27 bits per heavy atom. The second-order valence-electron chi connectivity index (χ2n) is 16.5. The number of aromatic nitrogens is 5. The van der Waals surface area contributed by atoms with E-state index in [1.165, 1.54) is 22.3 Å². The first kappa shape index (κ1) is 37.8. The molecule has 0 saturated carbocycles. The fraction of sp³-hybridized carbons (Fsp3) is 0.0517. The number of fused-ring (bicyclic) bond motifs is 3. The molecule has 0 amide bonds. The molecule has 0 saturated heterocycles. The standard InChI is InChI=1S/C58H41N5/c1-58(2)50-30-13-12-29-48(50)49-32-31-47(36-51(49)58)55-59-52(39-19-8-4-9-20-39)37-53(60-55)44-26-14-24-42(33-44)43-25-16-28-46(35-43)57-62-54(40-21-10-5-11-22-40)61-56(63-57)45-27-15-23-41(34-45)38-17-6-3-7-18-38/h3-37H,1-2H3. The first-order chi connectivity index (χ1) is 30.9. The summed E-state index contributed by atoms with van der Waals surface area (Å²) in [5, 5.41) is 0. The number of hydrogen-bond donors (Lipinski definition) is 0. The number of benzene rings is 8. The van der Waals surface area contributed by atoms with Crippen molar-refractivity contribution in [2.75, 3.05) is 0 Å². The smallest absolute Gasteiger partial charge is 0.164 e. The summed E-state index contributed by atoms with van der Waals surface area (Å²) < 4.78 is 0. The van der Waals surface area contributed by atoms with Gasteiger partial charge in [-0.3, -0.25) is 0 Å². The molecular formula is C58H41N5. The van der Waals surface area contributed by atoms with Crippen LogP contribution in [0.2, 0.25) is 0 Å². The Kier molecular flexibility index (Phi) is 9.43. The van der Waals surface area contributed by atoms with Crippen molar-refractivity contribution >= 4 is 0 Å². The van der Waals surface area contributed by atoms with E-state index in [0.29, 0.717) is 23.3 Å². The highest BCUT2D eigenvalue weighted by Crippen LogP contribution is 2.49. The fourth-order valence-corrected chi connectivity index (χ4v) is 8.84. The molecule has 0 unspecified atom stereocenters.